The molecule has 126 heavy (non-hydrogen) atoms. The van der Waals surface area contributed by atoms with E-state index in [9.17, 15) is 38.4 Å². The van der Waals surface area contributed by atoms with Crippen LogP contribution < -0.4 is 55.1 Å². The van der Waals surface area contributed by atoms with E-state index in [2.05, 4.69) is 84.8 Å². The zero-order valence-electron chi connectivity index (χ0n) is 71.5. The Morgan fingerprint density at radius 2 is 0.889 bits per heavy atom. The van der Waals surface area contributed by atoms with Crippen LogP contribution in [0.3, 0.4) is 0 Å². The second-order valence-corrected chi connectivity index (χ2v) is 32.6. The van der Waals surface area contributed by atoms with Crippen LogP contribution in [-0.4, -0.2) is 87.4 Å². The molecule has 0 saturated heterocycles. The summed E-state index contributed by atoms with van der Waals surface area (Å²) in [4.78, 5) is 115. The van der Waals surface area contributed by atoms with Gasteiger partial charge in [-0.15, -0.1) is 11.3 Å². The lowest BCUT2D eigenvalue weighted by molar-refractivity contribution is 0.349. The fourth-order valence-electron chi connectivity index (χ4n) is 16.3. The van der Waals surface area contributed by atoms with Crippen molar-refractivity contribution in [2.24, 2.45) is 56.4 Å². The first kappa shape index (κ1) is 84.5. The quantitative estimate of drug-likeness (QED) is 0.148. The predicted octanol–water partition coefficient (Wildman–Crippen LogP) is 14.7. The molecule has 0 spiro atoms. The Kier molecular flexibility index (Phi) is 24.2. The molecule has 20 aromatic rings. The largest absolute Gasteiger partial charge is 0.443 e. The van der Waals surface area contributed by atoms with Crippen molar-refractivity contribution in [3.8, 4) is 22.3 Å². The van der Waals surface area contributed by atoms with Crippen LogP contribution in [-0.2, 0) is 95.6 Å². The number of pyridine rings is 8. The van der Waals surface area contributed by atoms with Gasteiger partial charge < -0.3 is 56.6 Å². The summed E-state index contributed by atoms with van der Waals surface area (Å²) >= 11 is 1.56. The van der Waals surface area contributed by atoms with Gasteiger partial charge in [0, 0.05) is 201 Å². The number of hydrogen-bond donors (Lipinski definition) is 3. The van der Waals surface area contributed by atoms with Gasteiger partial charge >= 0.3 is 0 Å². The lowest BCUT2D eigenvalue weighted by Gasteiger charge is -2.11. The Balaban J connectivity index is 0.000000106. The Labute approximate surface area is 725 Å². The van der Waals surface area contributed by atoms with Crippen LogP contribution in [0.25, 0.3) is 130 Å². The van der Waals surface area contributed by atoms with Gasteiger partial charge in [-0.2, -0.15) is 0 Å². The number of H-pyrrole nitrogens is 1. The minimum Gasteiger partial charge on any atom is -0.443 e. The van der Waals surface area contributed by atoms with Crippen molar-refractivity contribution in [1.29, 1.82) is 0 Å². The molecule has 26 heteroatoms. The summed E-state index contributed by atoms with van der Waals surface area (Å²) in [6, 6.07) is 68.3. The minimum atomic E-state index is -0.0224. The van der Waals surface area contributed by atoms with E-state index in [0.29, 0.717) is 16.4 Å². The first-order valence-electron chi connectivity index (χ1n) is 40.9. The molecule has 0 aliphatic carbocycles. The molecule has 3 aliphatic rings. The van der Waals surface area contributed by atoms with E-state index in [1.807, 2.05) is 210 Å². The van der Waals surface area contributed by atoms with Crippen LogP contribution in [0.1, 0.15) is 33.6 Å². The van der Waals surface area contributed by atoms with Crippen LogP contribution >= 0.6 is 11.3 Å². The van der Waals surface area contributed by atoms with E-state index in [1.165, 1.54) is 28.6 Å². The smallest absolute Gasteiger partial charge is 0.258 e. The van der Waals surface area contributed by atoms with Crippen molar-refractivity contribution in [2.75, 3.05) is 26.5 Å². The maximum Gasteiger partial charge on any atom is 0.258 e. The molecular weight excluding hydrogens is 1600 g/mol. The third-order valence-corrected chi connectivity index (χ3v) is 24.0. The molecule has 25 nitrogen and oxygen atoms in total. The Morgan fingerprint density at radius 3 is 1.51 bits per heavy atom. The van der Waals surface area contributed by atoms with Crippen molar-refractivity contribution >= 4 is 125 Å². The summed E-state index contributed by atoms with van der Waals surface area (Å²) in [5.74, 6) is 0. The number of fused-ring (bicyclic) bond motifs is 15. The maximum atomic E-state index is 12.3. The highest BCUT2D eigenvalue weighted by Crippen LogP contribution is 2.32. The van der Waals surface area contributed by atoms with Crippen molar-refractivity contribution in [1.82, 2.24) is 71.6 Å². The van der Waals surface area contributed by atoms with E-state index < -0.39 is 0 Å². The van der Waals surface area contributed by atoms with Gasteiger partial charge in [0.05, 0.1) is 38.5 Å². The predicted molar refractivity (Wildman–Crippen MR) is 508 cm³/mol. The van der Waals surface area contributed by atoms with Crippen LogP contribution in [0.15, 0.2) is 311 Å². The summed E-state index contributed by atoms with van der Waals surface area (Å²) in [6.45, 7) is 5.40. The summed E-state index contributed by atoms with van der Waals surface area (Å²) in [7, 11) is 20.4. The molecule has 3 N–H and O–H groups in total. The highest BCUT2D eigenvalue weighted by atomic mass is 32.1. The van der Waals surface area contributed by atoms with Gasteiger partial charge in [-0.25, -0.2) is 15.0 Å². The van der Waals surface area contributed by atoms with Gasteiger partial charge in [-0.1, -0.05) is 97.1 Å². The summed E-state index contributed by atoms with van der Waals surface area (Å²) in [6.07, 6.45) is 13.9. The lowest BCUT2D eigenvalue weighted by atomic mass is 10.0. The van der Waals surface area contributed by atoms with Gasteiger partial charge in [0.1, 0.15) is 5.52 Å². The molecule has 0 bridgehead atoms. The Hall–Kier alpha value is -15.1. The first-order chi connectivity index (χ1) is 60.9. The van der Waals surface area contributed by atoms with Crippen LogP contribution in [0.5, 0.6) is 0 Å². The van der Waals surface area contributed by atoms with E-state index in [0.717, 1.165) is 170 Å². The molecule has 0 fully saturated rings. The second-order valence-electron chi connectivity index (χ2n) is 31.7. The molecule has 0 unspecified atom stereocenters. The number of anilines is 1. The van der Waals surface area contributed by atoms with Crippen LogP contribution in [0.4, 0.5) is 5.69 Å². The molecule has 0 atom stereocenters. The first-order valence-corrected chi connectivity index (χ1v) is 41.8. The average Bonchev–Trinajstić information content (AvgIpc) is 1.51. The monoisotopic (exact) mass is 1690 g/mol. The van der Waals surface area contributed by atoms with Crippen molar-refractivity contribution in [3.63, 3.8) is 0 Å². The molecule has 632 valence electrons. The number of imidazole rings is 1. The molecule has 14 heterocycles. The average molecular weight is 1690 g/mol. The number of aromatic nitrogens is 12. The Morgan fingerprint density at radius 1 is 0.373 bits per heavy atom. The summed E-state index contributed by atoms with van der Waals surface area (Å²) in [5.41, 5.74) is 19.2. The van der Waals surface area contributed by atoms with Crippen molar-refractivity contribution < 1.29 is 4.42 Å². The van der Waals surface area contributed by atoms with Crippen molar-refractivity contribution in [3.05, 3.63) is 384 Å². The van der Waals surface area contributed by atoms with Gasteiger partial charge in [0.25, 0.3) is 38.9 Å². The fourth-order valence-corrected chi connectivity index (χ4v) is 17.0. The molecule has 0 radical (unpaired) electrons. The molecule has 11 aromatic heterocycles. The number of aromatic amines is 1. The van der Waals surface area contributed by atoms with Crippen molar-refractivity contribution in [2.45, 2.75) is 39.3 Å². The van der Waals surface area contributed by atoms with E-state index in [1.54, 1.807) is 133 Å². The minimum absolute atomic E-state index is 0.0115. The maximum absolute atomic E-state index is 12.3. The molecular formula is C100H92N16O9S. The molecule has 0 amide bonds. The third kappa shape index (κ3) is 17.3. The van der Waals surface area contributed by atoms with Gasteiger partial charge in [-0.3, -0.25) is 48.2 Å². The number of aryl methyl sites for hydroxylation is 6. The molecule has 0 saturated carbocycles. The number of nitrogens with one attached hydrogen (secondary N) is 3. The normalized spacial score (nSPS) is 12.5. The van der Waals surface area contributed by atoms with E-state index in [-0.39, 0.29) is 44.5 Å². The highest BCUT2D eigenvalue weighted by molar-refractivity contribution is 7.16. The van der Waals surface area contributed by atoms with E-state index >= 15 is 0 Å². The SMILES string of the molecule is CN1Cc2c(n(C)c(=O)c3ccccc23)C1.CN1Cc2cc3ccn(C)c(=O)c3cc2C1.CNc1ccc2c(=O)n(C)cc(-c3ccccc3)c2c1.Cn1c2c(c3ccccc3c1=O)CNC2.Cn1cc(-c2ccccc2)ccc1=O.Cn1ccc2cc3[nH]cnc3cc2c1=O.Cn1ccc2cc3ncoc3cc2c1=O.Cn1ccc2cc3ncsc3cc2c1=O. The summed E-state index contributed by atoms with van der Waals surface area (Å²) in [5, 5.41) is 18.8. The van der Waals surface area contributed by atoms with Gasteiger partial charge in [-0.05, 0) is 200 Å². The molecule has 23 rings (SSSR count). The number of benzene rings is 9. The van der Waals surface area contributed by atoms with E-state index in [4.69, 9.17) is 4.42 Å². The number of rotatable bonds is 3. The second kappa shape index (κ2) is 36.1. The number of hydrogen-bond acceptors (Lipinski definition) is 17. The topological polar surface area (TPSA) is 274 Å². The van der Waals surface area contributed by atoms with Gasteiger partial charge in [0.15, 0.2) is 12.0 Å². The zero-order chi connectivity index (χ0) is 88.3. The standard InChI is InChI=1S/C17H16N2O.2C13H14N2O.C12H12N2O.C12H11NO.C11H9N3O.C11H8N2O2.C11H8N2OS/c1-18-13-8-9-14-15(10-13)16(11-19(2)17(14)20)12-6-4-3-5-7-12;1-14-7-10-5-9-3-4-15(2)13(16)12(9)6-11(10)8-14;1-14-7-11-9-5-3-4-6-10(9)13(16)15(2)12(11)8-14;1-14-11-7-13-6-10(11)8-4-2-3-5-9(8)12(14)15;1-13-9-11(7-8-12(13)14)10-5-3-2-4-6-10;1-14-3-2-7-4-9-10(13-6-12-9)5-8(7)11(14)15;2*1-13-3-2-7-4-9-10(15-6-12-9)5-8(7)11(13)14/h3-11,18H,1-2H3;2*3-6H,7-8H2,1-2H3;2-5,13H,6-7H2,1H3;2-9H,1H3;2-6H,1H3,(H,12,13);2*2-6H,1H3. The Bertz CT molecular complexity index is 7840. The number of oxazole rings is 1. The highest BCUT2D eigenvalue weighted by Gasteiger charge is 2.24. The van der Waals surface area contributed by atoms with Crippen LogP contribution in [0.2, 0.25) is 0 Å². The van der Waals surface area contributed by atoms with Crippen LogP contribution in [0, 0.1) is 0 Å². The zero-order valence-corrected chi connectivity index (χ0v) is 72.4. The summed E-state index contributed by atoms with van der Waals surface area (Å²) < 4.78 is 19.3. The molecule has 9 aromatic carbocycles. The number of thiazole rings is 1. The number of nitrogens with zero attached hydrogens (tertiary/aromatic N) is 13. The molecule has 3 aliphatic heterocycles. The lowest BCUT2D eigenvalue weighted by Crippen LogP contribution is -2.21. The fraction of sp³-hybridized carbons (Fsp3) is 0.170. The third-order valence-electron chi connectivity index (χ3n) is 23.2. The van der Waals surface area contributed by atoms with Gasteiger partial charge in [0.2, 0.25) is 5.56 Å².